The van der Waals surface area contributed by atoms with E-state index in [9.17, 15) is 4.39 Å². The van der Waals surface area contributed by atoms with E-state index in [0.717, 1.165) is 0 Å². The molecule has 6 heteroatoms. The van der Waals surface area contributed by atoms with Crippen LogP contribution < -0.4 is 5.73 Å². The predicted octanol–water partition coefficient (Wildman–Crippen LogP) is -0.372. The standard InChI is InChI=1S/C7H13FN4O/c1-5(9)7-4-12(11-10-7)3-6(13)2-8/h4-6,13H,2-3,9H2,1H3/t5-,6?/m1/s1. The number of nitrogens with two attached hydrogens (primary N) is 1. The Hall–Kier alpha value is -1.01. The zero-order valence-electron chi connectivity index (χ0n) is 7.39. The van der Waals surface area contributed by atoms with E-state index >= 15 is 0 Å². The maximum atomic E-state index is 11.9. The number of aromatic nitrogens is 3. The fourth-order valence-electron chi connectivity index (χ4n) is 0.876. The van der Waals surface area contributed by atoms with Crippen molar-refractivity contribution in [2.24, 2.45) is 5.73 Å². The molecule has 0 bridgehead atoms. The third kappa shape index (κ3) is 2.74. The highest BCUT2D eigenvalue weighted by molar-refractivity contribution is 4.97. The predicted molar refractivity (Wildman–Crippen MR) is 44.6 cm³/mol. The molecule has 1 aromatic heterocycles. The van der Waals surface area contributed by atoms with Crippen LogP contribution in [0.4, 0.5) is 4.39 Å². The molecule has 0 radical (unpaired) electrons. The van der Waals surface area contributed by atoms with E-state index in [2.05, 4.69) is 10.3 Å². The van der Waals surface area contributed by atoms with Gasteiger partial charge in [0.2, 0.25) is 0 Å². The molecule has 1 rings (SSSR count). The lowest BCUT2D eigenvalue weighted by Gasteiger charge is -2.03. The van der Waals surface area contributed by atoms with Crippen molar-refractivity contribution in [3.63, 3.8) is 0 Å². The van der Waals surface area contributed by atoms with Gasteiger partial charge in [-0.05, 0) is 6.92 Å². The van der Waals surface area contributed by atoms with Crippen molar-refractivity contribution >= 4 is 0 Å². The molecule has 1 aromatic rings. The smallest absolute Gasteiger partial charge is 0.117 e. The molecular formula is C7H13FN4O. The lowest BCUT2D eigenvalue weighted by molar-refractivity contribution is 0.117. The number of hydrogen-bond acceptors (Lipinski definition) is 4. The van der Waals surface area contributed by atoms with Crippen LogP contribution in [0.3, 0.4) is 0 Å². The van der Waals surface area contributed by atoms with E-state index in [-0.39, 0.29) is 12.6 Å². The molecule has 0 aromatic carbocycles. The highest BCUT2D eigenvalue weighted by Crippen LogP contribution is 2.03. The molecule has 0 aliphatic rings. The fraction of sp³-hybridized carbons (Fsp3) is 0.714. The number of aliphatic hydroxyl groups is 1. The first-order chi connectivity index (χ1) is 6.13. The molecule has 0 amide bonds. The average Bonchev–Trinajstić information content (AvgIpc) is 2.52. The number of nitrogens with zero attached hydrogens (tertiary/aromatic N) is 3. The van der Waals surface area contributed by atoms with Crippen molar-refractivity contribution in [1.29, 1.82) is 0 Å². The van der Waals surface area contributed by atoms with Gasteiger partial charge in [-0.15, -0.1) is 5.10 Å². The second-order valence-electron chi connectivity index (χ2n) is 2.96. The summed E-state index contributed by atoms with van der Waals surface area (Å²) in [5, 5.41) is 16.4. The van der Waals surface area contributed by atoms with Gasteiger partial charge >= 0.3 is 0 Å². The number of hydrogen-bond donors (Lipinski definition) is 2. The SMILES string of the molecule is C[C@@H](N)c1cn(CC(O)CF)nn1. The first-order valence-electron chi connectivity index (χ1n) is 4.03. The molecule has 0 spiro atoms. The summed E-state index contributed by atoms with van der Waals surface area (Å²) >= 11 is 0. The van der Waals surface area contributed by atoms with E-state index in [0.29, 0.717) is 5.69 Å². The van der Waals surface area contributed by atoms with Gasteiger partial charge < -0.3 is 10.8 Å². The first kappa shape index (κ1) is 10.1. The van der Waals surface area contributed by atoms with Gasteiger partial charge in [-0.3, -0.25) is 0 Å². The average molecular weight is 188 g/mol. The van der Waals surface area contributed by atoms with Crippen molar-refractivity contribution in [3.8, 4) is 0 Å². The van der Waals surface area contributed by atoms with Gasteiger partial charge in [-0.25, -0.2) is 9.07 Å². The van der Waals surface area contributed by atoms with Crippen LogP contribution in [0.15, 0.2) is 6.20 Å². The van der Waals surface area contributed by atoms with Crippen molar-refractivity contribution in [2.75, 3.05) is 6.67 Å². The van der Waals surface area contributed by atoms with Crippen LogP contribution in [-0.4, -0.2) is 32.9 Å². The molecule has 0 aliphatic carbocycles. The Labute approximate surface area is 75.4 Å². The third-order valence-electron chi connectivity index (χ3n) is 1.60. The molecule has 2 atom stereocenters. The van der Waals surface area contributed by atoms with Crippen LogP contribution in [0.5, 0.6) is 0 Å². The molecule has 0 fully saturated rings. The van der Waals surface area contributed by atoms with E-state index in [1.165, 1.54) is 4.68 Å². The molecule has 0 aliphatic heterocycles. The Morgan fingerprint density at radius 2 is 2.46 bits per heavy atom. The Morgan fingerprint density at radius 3 is 2.92 bits per heavy atom. The minimum absolute atomic E-state index is 0.107. The van der Waals surface area contributed by atoms with Crippen LogP contribution in [0, 0.1) is 0 Å². The minimum atomic E-state index is -1.03. The van der Waals surface area contributed by atoms with E-state index < -0.39 is 12.8 Å². The summed E-state index contributed by atoms with van der Waals surface area (Å²) in [5.41, 5.74) is 6.17. The highest BCUT2D eigenvalue weighted by atomic mass is 19.1. The normalized spacial score (nSPS) is 15.7. The first-order valence-corrected chi connectivity index (χ1v) is 4.03. The third-order valence-corrected chi connectivity index (χ3v) is 1.60. The summed E-state index contributed by atoms with van der Waals surface area (Å²) in [4.78, 5) is 0. The molecule has 1 heterocycles. The maximum absolute atomic E-state index is 11.9. The molecule has 13 heavy (non-hydrogen) atoms. The minimum Gasteiger partial charge on any atom is -0.388 e. The lowest BCUT2D eigenvalue weighted by atomic mass is 10.3. The molecule has 0 saturated carbocycles. The van der Waals surface area contributed by atoms with Crippen LogP contribution in [0.25, 0.3) is 0 Å². The Balaban J connectivity index is 2.58. The van der Waals surface area contributed by atoms with Gasteiger partial charge in [0.1, 0.15) is 12.8 Å². The summed E-state index contributed by atoms with van der Waals surface area (Å²) in [6, 6.07) is -0.198. The van der Waals surface area contributed by atoms with E-state index in [1.807, 2.05) is 0 Å². The van der Waals surface area contributed by atoms with Gasteiger partial charge in [0.15, 0.2) is 0 Å². The van der Waals surface area contributed by atoms with Gasteiger partial charge in [0.05, 0.1) is 18.4 Å². The maximum Gasteiger partial charge on any atom is 0.117 e. The molecule has 74 valence electrons. The topological polar surface area (TPSA) is 77.0 Å². The highest BCUT2D eigenvalue weighted by Gasteiger charge is 2.08. The number of alkyl halides is 1. The zero-order chi connectivity index (χ0) is 9.84. The zero-order valence-corrected chi connectivity index (χ0v) is 7.39. The summed E-state index contributed by atoms with van der Waals surface area (Å²) in [6.07, 6.45) is 0.575. The van der Waals surface area contributed by atoms with Crippen molar-refractivity contribution in [2.45, 2.75) is 25.6 Å². The number of halogens is 1. The van der Waals surface area contributed by atoms with Crippen LogP contribution in [0.2, 0.25) is 0 Å². The van der Waals surface area contributed by atoms with Gasteiger partial charge in [-0.2, -0.15) is 0 Å². The second kappa shape index (κ2) is 4.29. The quantitative estimate of drug-likeness (QED) is 0.675. The van der Waals surface area contributed by atoms with Crippen molar-refractivity contribution in [3.05, 3.63) is 11.9 Å². The van der Waals surface area contributed by atoms with Crippen LogP contribution >= 0.6 is 0 Å². The monoisotopic (exact) mass is 188 g/mol. The van der Waals surface area contributed by atoms with Crippen molar-refractivity contribution < 1.29 is 9.50 Å². The Kier molecular flexibility index (Phi) is 3.32. The molecular weight excluding hydrogens is 175 g/mol. The lowest BCUT2D eigenvalue weighted by Crippen LogP contribution is -2.18. The Bertz CT molecular complexity index is 263. The number of rotatable bonds is 4. The molecule has 1 unspecified atom stereocenters. The molecule has 5 nitrogen and oxygen atoms in total. The Morgan fingerprint density at radius 1 is 1.77 bits per heavy atom. The van der Waals surface area contributed by atoms with Gasteiger partial charge in [-0.1, -0.05) is 5.21 Å². The molecule has 0 saturated heterocycles. The summed E-state index contributed by atoms with van der Waals surface area (Å²) in [6.45, 7) is 1.10. The second-order valence-corrected chi connectivity index (χ2v) is 2.96. The van der Waals surface area contributed by atoms with Gasteiger partial charge in [0, 0.05) is 6.04 Å². The van der Waals surface area contributed by atoms with Gasteiger partial charge in [0.25, 0.3) is 0 Å². The van der Waals surface area contributed by atoms with Crippen LogP contribution in [-0.2, 0) is 6.54 Å². The molecule has 3 N–H and O–H groups in total. The summed E-state index contributed by atoms with van der Waals surface area (Å²) < 4.78 is 13.3. The van der Waals surface area contributed by atoms with Crippen LogP contribution in [0.1, 0.15) is 18.7 Å². The largest absolute Gasteiger partial charge is 0.388 e. The van der Waals surface area contributed by atoms with Crippen molar-refractivity contribution in [1.82, 2.24) is 15.0 Å². The van der Waals surface area contributed by atoms with E-state index in [1.54, 1.807) is 13.1 Å². The van der Waals surface area contributed by atoms with E-state index in [4.69, 9.17) is 10.8 Å². The fourth-order valence-corrected chi connectivity index (χ4v) is 0.876. The summed E-state index contributed by atoms with van der Waals surface area (Å²) in [5.74, 6) is 0. The number of aliphatic hydroxyl groups excluding tert-OH is 1. The summed E-state index contributed by atoms with van der Waals surface area (Å²) in [7, 11) is 0.